The lowest BCUT2D eigenvalue weighted by Crippen LogP contribution is -2.00. The van der Waals surface area contributed by atoms with Crippen molar-refractivity contribution in [2.24, 2.45) is 0 Å². The highest BCUT2D eigenvalue weighted by Gasteiger charge is 2.15. The summed E-state index contributed by atoms with van der Waals surface area (Å²) in [6.07, 6.45) is 3.88. The van der Waals surface area contributed by atoms with Gasteiger partial charge in [0.15, 0.2) is 5.82 Å². The van der Waals surface area contributed by atoms with Crippen molar-refractivity contribution in [3.63, 3.8) is 0 Å². The third-order valence-electron chi connectivity index (χ3n) is 4.20. The summed E-state index contributed by atoms with van der Waals surface area (Å²) in [5.74, 6) is 0.0981. The molecule has 0 spiro atoms. The van der Waals surface area contributed by atoms with Crippen LogP contribution in [0.15, 0.2) is 67.0 Å². The molecular weight excluding hydrogens is 347 g/mol. The van der Waals surface area contributed by atoms with Crippen LogP contribution in [0.2, 0.25) is 0 Å². The van der Waals surface area contributed by atoms with E-state index in [4.69, 9.17) is 0 Å². The minimum atomic E-state index is -0.315. The van der Waals surface area contributed by atoms with E-state index in [1.165, 1.54) is 10.8 Å². The fraction of sp³-hybridized carbons (Fsp3) is 0.0500. The molecule has 0 radical (unpaired) electrons. The van der Waals surface area contributed by atoms with Gasteiger partial charge in [0.25, 0.3) is 0 Å². The Hall–Kier alpha value is -3.12. The number of para-hydroxylation sites is 1. The molecule has 3 heterocycles. The standard InChI is InChI=1S/C20H13FN4S/c21-14-6-2-1-5-13(14)20-23-15-9-10-25(11-17(15)24-20)12-19-22-16-7-3-4-8-18(16)26-19/h1-11H,12H2. The van der Waals surface area contributed by atoms with Crippen molar-refractivity contribution in [2.75, 3.05) is 0 Å². The van der Waals surface area contributed by atoms with Crippen LogP contribution < -0.4 is 0 Å². The van der Waals surface area contributed by atoms with Crippen molar-refractivity contribution in [1.29, 1.82) is 0 Å². The summed E-state index contributed by atoms with van der Waals surface area (Å²) in [5, 5.41) is 1.03. The van der Waals surface area contributed by atoms with Gasteiger partial charge in [-0.1, -0.05) is 24.3 Å². The highest BCUT2D eigenvalue weighted by Crippen LogP contribution is 2.27. The van der Waals surface area contributed by atoms with E-state index in [-0.39, 0.29) is 5.82 Å². The average molecular weight is 360 g/mol. The first-order valence-electron chi connectivity index (χ1n) is 8.19. The van der Waals surface area contributed by atoms with Gasteiger partial charge in [-0.25, -0.2) is 19.3 Å². The molecule has 26 heavy (non-hydrogen) atoms. The van der Waals surface area contributed by atoms with E-state index in [0.717, 1.165) is 21.9 Å². The number of rotatable bonds is 3. The lowest BCUT2D eigenvalue weighted by Gasteiger charge is -2.05. The number of fused-ring (bicyclic) bond motifs is 2. The summed E-state index contributed by atoms with van der Waals surface area (Å²) in [4.78, 5) is 13.6. The monoisotopic (exact) mass is 360 g/mol. The zero-order valence-corrected chi connectivity index (χ0v) is 14.4. The maximum atomic E-state index is 14.0. The smallest absolute Gasteiger partial charge is 0.163 e. The Labute approximate surface area is 153 Å². The van der Waals surface area contributed by atoms with Crippen LogP contribution in [0.4, 0.5) is 4.39 Å². The molecule has 2 aliphatic rings. The van der Waals surface area contributed by atoms with Gasteiger partial charge in [0.1, 0.15) is 16.5 Å². The van der Waals surface area contributed by atoms with E-state index in [1.807, 2.05) is 41.2 Å². The number of aromatic nitrogens is 4. The zero-order chi connectivity index (χ0) is 17.5. The maximum Gasteiger partial charge on any atom is 0.163 e. The Balaban J connectivity index is 1.50. The number of pyridine rings is 1. The molecule has 0 N–H and O–H groups in total. The number of imidazole rings is 1. The second kappa shape index (κ2) is 6.00. The molecular formula is C20H13FN4S. The molecule has 6 heteroatoms. The van der Waals surface area contributed by atoms with Crippen LogP contribution in [-0.2, 0) is 6.54 Å². The molecule has 3 aromatic rings. The first-order valence-corrected chi connectivity index (χ1v) is 9.01. The van der Waals surface area contributed by atoms with Gasteiger partial charge in [-0.05, 0) is 30.3 Å². The van der Waals surface area contributed by atoms with Gasteiger partial charge in [-0.3, -0.25) is 0 Å². The average Bonchev–Trinajstić information content (AvgIpc) is 3.24. The van der Waals surface area contributed by atoms with Gasteiger partial charge in [0.05, 0.1) is 28.0 Å². The van der Waals surface area contributed by atoms with Gasteiger partial charge >= 0.3 is 0 Å². The van der Waals surface area contributed by atoms with Crippen molar-refractivity contribution in [3.05, 3.63) is 77.8 Å². The van der Waals surface area contributed by atoms with Gasteiger partial charge in [0, 0.05) is 12.4 Å². The predicted octanol–water partition coefficient (Wildman–Crippen LogP) is 4.85. The summed E-state index contributed by atoms with van der Waals surface area (Å²) in [7, 11) is 0. The Morgan fingerprint density at radius 3 is 2.58 bits per heavy atom. The predicted molar refractivity (Wildman–Crippen MR) is 101 cm³/mol. The van der Waals surface area contributed by atoms with Crippen LogP contribution in [0.3, 0.4) is 0 Å². The molecule has 2 aliphatic heterocycles. The molecule has 1 aromatic heterocycles. The third-order valence-corrected chi connectivity index (χ3v) is 5.22. The highest BCUT2D eigenvalue weighted by atomic mass is 32.1. The SMILES string of the molecule is Fc1ccccc1-c1nc2ccn(Cc3nc4ccccc4s3)cc-2n1. The molecule has 0 atom stereocenters. The fourth-order valence-corrected chi connectivity index (χ4v) is 3.93. The van der Waals surface area contributed by atoms with Crippen LogP contribution in [0.1, 0.15) is 5.01 Å². The second-order valence-corrected chi connectivity index (χ2v) is 7.11. The van der Waals surface area contributed by atoms with E-state index >= 15 is 0 Å². The van der Waals surface area contributed by atoms with Gasteiger partial charge in [0.2, 0.25) is 0 Å². The fourth-order valence-electron chi connectivity index (χ4n) is 2.96. The van der Waals surface area contributed by atoms with Crippen molar-refractivity contribution in [2.45, 2.75) is 6.54 Å². The van der Waals surface area contributed by atoms with Gasteiger partial charge in [-0.15, -0.1) is 11.3 Å². The first-order chi connectivity index (χ1) is 12.8. The van der Waals surface area contributed by atoms with Crippen molar-refractivity contribution in [1.82, 2.24) is 19.5 Å². The quantitative estimate of drug-likeness (QED) is 0.462. The maximum absolute atomic E-state index is 14.0. The van der Waals surface area contributed by atoms with E-state index in [0.29, 0.717) is 17.9 Å². The summed E-state index contributed by atoms with van der Waals surface area (Å²) in [6.45, 7) is 0.664. The summed E-state index contributed by atoms with van der Waals surface area (Å²) < 4.78 is 17.2. The Morgan fingerprint density at radius 2 is 1.69 bits per heavy atom. The van der Waals surface area contributed by atoms with Crippen LogP contribution in [0, 0.1) is 5.82 Å². The van der Waals surface area contributed by atoms with Crippen LogP contribution in [0.5, 0.6) is 0 Å². The third kappa shape index (κ3) is 2.64. The molecule has 0 unspecified atom stereocenters. The van der Waals surface area contributed by atoms with E-state index < -0.39 is 0 Å². The normalized spacial score (nSPS) is 11.4. The van der Waals surface area contributed by atoms with Crippen LogP contribution in [0.25, 0.3) is 33.0 Å². The number of benzene rings is 2. The largest absolute Gasteiger partial charge is 0.345 e. The molecule has 0 saturated carbocycles. The second-order valence-electron chi connectivity index (χ2n) is 5.99. The molecule has 5 rings (SSSR count). The Morgan fingerprint density at radius 1 is 0.885 bits per heavy atom. The van der Waals surface area contributed by atoms with Crippen molar-refractivity contribution in [3.8, 4) is 22.8 Å². The molecule has 0 fully saturated rings. The minimum absolute atomic E-state index is 0.315. The molecule has 4 nitrogen and oxygen atoms in total. The number of halogens is 1. The zero-order valence-electron chi connectivity index (χ0n) is 13.6. The summed E-state index contributed by atoms with van der Waals surface area (Å²) >= 11 is 1.68. The van der Waals surface area contributed by atoms with E-state index in [9.17, 15) is 4.39 Å². The minimum Gasteiger partial charge on any atom is -0.345 e. The Bertz CT molecular complexity index is 1160. The lowest BCUT2D eigenvalue weighted by atomic mass is 10.2. The van der Waals surface area contributed by atoms with E-state index in [1.54, 1.807) is 29.5 Å². The molecule has 0 aliphatic carbocycles. The van der Waals surface area contributed by atoms with Crippen molar-refractivity contribution < 1.29 is 4.39 Å². The number of nitrogens with zero attached hydrogens (tertiary/aromatic N) is 4. The lowest BCUT2D eigenvalue weighted by molar-refractivity contribution is 0.630. The Kier molecular flexibility index (Phi) is 3.50. The van der Waals surface area contributed by atoms with Crippen LogP contribution in [-0.4, -0.2) is 19.5 Å². The van der Waals surface area contributed by atoms with Crippen molar-refractivity contribution >= 4 is 21.6 Å². The van der Waals surface area contributed by atoms with Crippen LogP contribution >= 0.6 is 11.3 Å². The molecule has 126 valence electrons. The molecule has 0 amide bonds. The number of hydrogen-bond acceptors (Lipinski definition) is 4. The number of thiazole rings is 1. The topological polar surface area (TPSA) is 43.6 Å². The molecule has 0 bridgehead atoms. The summed E-state index contributed by atoms with van der Waals surface area (Å²) in [6, 6.07) is 16.6. The molecule has 0 saturated heterocycles. The number of hydrogen-bond donors (Lipinski definition) is 0. The van der Waals surface area contributed by atoms with E-state index in [2.05, 4.69) is 21.0 Å². The highest BCUT2D eigenvalue weighted by molar-refractivity contribution is 7.18. The van der Waals surface area contributed by atoms with Gasteiger partial charge in [-0.2, -0.15) is 0 Å². The first kappa shape index (κ1) is 15.2. The summed E-state index contributed by atoms with van der Waals surface area (Å²) in [5.41, 5.74) is 2.93. The van der Waals surface area contributed by atoms with Gasteiger partial charge < -0.3 is 4.57 Å². The molecule has 2 aromatic carbocycles.